The van der Waals surface area contributed by atoms with Crippen molar-refractivity contribution in [1.29, 1.82) is 0 Å². The topological polar surface area (TPSA) is 113 Å². The van der Waals surface area contributed by atoms with Crippen molar-refractivity contribution >= 4 is 39.3 Å². The van der Waals surface area contributed by atoms with Crippen molar-refractivity contribution in [1.82, 2.24) is 0 Å². The molecule has 0 spiro atoms. The van der Waals surface area contributed by atoms with E-state index in [-0.39, 0.29) is 11.3 Å². The van der Waals surface area contributed by atoms with E-state index in [0.717, 1.165) is 26.0 Å². The van der Waals surface area contributed by atoms with E-state index in [9.17, 15) is 24.5 Å². The predicted molar refractivity (Wildman–Crippen MR) is 98.2 cm³/mol. The predicted octanol–water partition coefficient (Wildman–Crippen LogP) is 3.76. The molecule has 0 saturated heterocycles. The van der Waals surface area contributed by atoms with Crippen LogP contribution in [0.4, 0.5) is 5.69 Å². The van der Waals surface area contributed by atoms with Crippen molar-refractivity contribution in [3.8, 4) is 11.5 Å². The van der Waals surface area contributed by atoms with Crippen LogP contribution in [0.3, 0.4) is 0 Å². The number of hydrogen-bond acceptors (Lipinski definition) is 7. The number of nitrogens with zero attached hydrogens (tertiary/aromatic N) is 1. The minimum Gasteiger partial charge on any atom is -0.422 e. The number of carbonyl (C=O) groups is 3. The molecule has 140 valence electrons. The van der Waals surface area contributed by atoms with Gasteiger partial charge in [-0.25, -0.2) is 0 Å². The van der Waals surface area contributed by atoms with Crippen molar-refractivity contribution in [3.05, 3.63) is 63.7 Å². The van der Waals surface area contributed by atoms with Gasteiger partial charge in [-0.1, -0.05) is 46.3 Å². The standard InChI is InChI=1S/C18H14BrNO7/c1-10(21)26-15-9-13(8-14(20(24)25)18(15)27-11(2)22)17(23)16(19)12-6-4-3-5-7-12/h3-9,16H,1-2H3. The van der Waals surface area contributed by atoms with Crippen molar-refractivity contribution in [2.45, 2.75) is 18.7 Å². The maximum absolute atomic E-state index is 12.8. The number of alkyl halides is 1. The minimum absolute atomic E-state index is 0.0837. The zero-order valence-electron chi connectivity index (χ0n) is 14.3. The van der Waals surface area contributed by atoms with Gasteiger partial charge < -0.3 is 9.47 Å². The van der Waals surface area contributed by atoms with Crippen LogP contribution in [0.1, 0.15) is 34.6 Å². The van der Waals surface area contributed by atoms with Crippen LogP contribution < -0.4 is 9.47 Å². The molecule has 2 aromatic carbocycles. The fraction of sp³-hybridized carbons (Fsp3) is 0.167. The molecule has 0 radical (unpaired) electrons. The second-order valence-corrected chi connectivity index (χ2v) is 6.32. The number of rotatable bonds is 6. The Balaban J connectivity index is 2.58. The first-order valence-electron chi connectivity index (χ1n) is 7.63. The highest BCUT2D eigenvalue weighted by Crippen LogP contribution is 2.40. The van der Waals surface area contributed by atoms with Gasteiger partial charge in [0.2, 0.25) is 0 Å². The normalized spacial score (nSPS) is 11.4. The molecule has 1 atom stereocenters. The number of Topliss-reactive ketones (excluding diaryl/α,β-unsaturated/α-hetero) is 1. The molecular formula is C18H14BrNO7. The van der Waals surface area contributed by atoms with Crippen LogP contribution in [-0.4, -0.2) is 22.6 Å². The number of halogens is 1. The summed E-state index contributed by atoms with van der Waals surface area (Å²) < 4.78 is 9.76. The van der Waals surface area contributed by atoms with E-state index in [1.807, 2.05) is 0 Å². The highest BCUT2D eigenvalue weighted by molar-refractivity contribution is 9.09. The van der Waals surface area contributed by atoms with E-state index in [0.29, 0.717) is 5.56 Å². The lowest BCUT2D eigenvalue weighted by molar-refractivity contribution is -0.385. The Kier molecular flexibility index (Phi) is 6.40. The smallest absolute Gasteiger partial charge is 0.316 e. The van der Waals surface area contributed by atoms with Gasteiger partial charge in [-0.15, -0.1) is 0 Å². The monoisotopic (exact) mass is 435 g/mol. The summed E-state index contributed by atoms with van der Waals surface area (Å²) in [5.41, 5.74) is -0.108. The van der Waals surface area contributed by atoms with Gasteiger partial charge >= 0.3 is 17.6 Å². The Hall–Kier alpha value is -3.07. The Morgan fingerprint density at radius 2 is 1.63 bits per heavy atom. The Bertz CT molecular complexity index is 911. The molecule has 0 aromatic heterocycles. The number of nitro groups is 1. The summed E-state index contributed by atoms with van der Waals surface area (Å²) >= 11 is 3.27. The number of esters is 2. The third-order valence-corrected chi connectivity index (χ3v) is 4.28. The van der Waals surface area contributed by atoms with E-state index in [1.54, 1.807) is 30.3 Å². The molecule has 9 heteroatoms. The van der Waals surface area contributed by atoms with Gasteiger partial charge in [-0.05, 0) is 11.6 Å². The van der Waals surface area contributed by atoms with Crippen LogP contribution in [0.15, 0.2) is 42.5 Å². The lowest BCUT2D eigenvalue weighted by Crippen LogP contribution is -2.12. The molecule has 0 aliphatic heterocycles. The summed E-state index contributed by atoms with van der Waals surface area (Å²) in [6.45, 7) is 2.12. The highest BCUT2D eigenvalue weighted by Gasteiger charge is 2.29. The van der Waals surface area contributed by atoms with Gasteiger partial charge in [0.1, 0.15) is 4.83 Å². The van der Waals surface area contributed by atoms with Crippen molar-refractivity contribution < 1.29 is 28.8 Å². The van der Waals surface area contributed by atoms with Gasteiger partial charge in [0.05, 0.1) is 4.92 Å². The second kappa shape index (κ2) is 8.54. The summed E-state index contributed by atoms with van der Waals surface area (Å²) in [5, 5.41) is 11.4. The number of carbonyl (C=O) groups excluding carboxylic acids is 3. The maximum atomic E-state index is 12.8. The quantitative estimate of drug-likeness (QED) is 0.169. The molecular weight excluding hydrogens is 422 g/mol. The first-order valence-corrected chi connectivity index (χ1v) is 8.54. The van der Waals surface area contributed by atoms with Crippen molar-refractivity contribution in [2.75, 3.05) is 0 Å². The van der Waals surface area contributed by atoms with Crippen LogP contribution >= 0.6 is 15.9 Å². The lowest BCUT2D eigenvalue weighted by Gasteiger charge is -2.13. The number of ether oxygens (including phenoxy) is 2. The van der Waals surface area contributed by atoms with Crippen LogP contribution in [-0.2, 0) is 9.59 Å². The summed E-state index contributed by atoms with van der Waals surface area (Å²) in [6, 6.07) is 10.8. The average molecular weight is 436 g/mol. The van der Waals surface area contributed by atoms with Crippen LogP contribution in [0.25, 0.3) is 0 Å². The summed E-state index contributed by atoms with van der Waals surface area (Å²) in [4.78, 5) is 45.2. The molecule has 2 rings (SSSR count). The highest BCUT2D eigenvalue weighted by atomic mass is 79.9. The molecule has 2 aromatic rings. The third-order valence-electron chi connectivity index (χ3n) is 3.34. The van der Waals surface area contributed by atoms with Crippen molar-refractivity contribution in [3.63, 3.8) is 0 Å². The van der Waals surface area contributed by atoms with Crippen LogP contribution in [0.5, 0.6) is 11.5 Å². The maximum Gasteiger partial charge on any atom is 0.316 e. The lowest BCUT2D eigenvalue weighted by atomic mass is 10.0. The van der Waals surface area contributed by atoms with E-state index in [4.69, 9.17) is 9.47 Å². The van der Waals surface area contributed by atoms with E-state index >= 15 is 0 Å². The molecule has 0 N–H and O–H groups in total. The summed E-state index contributed by atoms with van der Waals surface area (Å²) in [5.74, 6) is -3.05. The molecule has 1 unspecified atom stereocenters. The Morgan fingerprint density at radius 3 is 2.15 bits per heavy atom. The first-order chi connectivity index (χ1) is 12.7. The SMILES string of the molecule is CC(=O)Oc1cc(C(=O)C(Br)c2ccccc2)cc([N+](=O)[O-])c1OC(C)=O. The Morgan fingerprint density at radius 1 is 1.04 bits per heavy atom. The van der Waals surface area contributed by atoms with E-state index < -0.39 is 38.9 Å². The number of hydrogen-bond donors (Lipinski definition) is 0. The molecule has 0 aliphatic rings. The molecule has 0 bridgehead atoms. The third kappa shape index (κ3) is 4.98. The van der Waals surface area contributed by atoms with E-state index in [1.165, 1.54) is 0 Å². The molecule has 0 amide bonds. The Labute approximate surface area is 162 Å². The molecule has 0 aliphatic carbocycles. The molecule has 0 fully saturated rings. The fourth-order valence-corrected chi connectivity index (χ4v) is 2.83. The van der Waals surface area contributed by atoms with Gasteiger partial charge in [-0.2, -0.15) is 0 Å². The number of benzene rings is 2. The minimum atomic E-state index is -0.840. The van der Waals surface area contributed by atoms with Gasteiger partial charge in [-0.3, -0.25) is 24.5 Å². The zero-order valence-corrected chi connectivity index (χ0v) is 15.9. The molecule has 27 heavy (non-hydrogen) atoms. The second-order valence-electron chi connectivity index (χ2n) is 5.40. The number of ketones is 1. The van der Waals surface area contributed by atoms with Crippen LogP contribution in [0.2, 0.25) is 0 Å². The zero-order chi connectivity index (χ0) is 20.1. The van der Waals surface area contributed by atoms with Crippen LogP contribution in [0, 0.1) is 10.1 Å². The molecule has 0 heterocycles. The molecule has 8 nitrogen and oxygen atoms in total. The first kappa shape index (κ1) is 20.2. The van der Waals surface area contributed by atoms with Gasteiger partial charge in [0, 0.05) is 25.5 Å². The summed E-state index contributed by atoms with van der Waals surface area (Å²) in [7, 11) is 0. The number of nitro benzene ring substituents is 1. The van der Waals surface area contributed by atoms with Crippen molar-refractivity contribution in [2.24, 2.45) is 0 Å². The van der Waals surface area contributed by atoms with E-state index in [2.05, 4.69) is 15.9 Å². The van der Waals surface area contributed by atoms with Gasteiger partial charge in [0.25, 0.3) is 5.75 Å². The molecule has 0 saturated carbocycles. The van der Waals surface area contributed by atoms with Gasteiger partial charge in [0.15, 0.2) is 11.5 Å². The average Bonchev–Trinajstić information content (AvgIpc) is 2.61. The largest absolute Gasteiger partial charge is 0.422 e. The fourth-order valence-electron chi connectivity index (χ4n) is 2.26. The summed E-state index contributed by atoms with van der Waals surface area (Å²) in [6.07, 6.45) is 0.